The average molecular weight is 324 g/mol. The molecule has 0 saturated carbocycles. The Kier molecular flexibility index (Phi) is 4.85. The number of nitrogens with one attached hydrogen (secondary N) is 2. The molecule has 21 heavy (non-hydrogen) atoms. The van der Waals surface area contributed by atoms with E-state index in [-0.39, 0.29) is 11.9 Å². The highest BCUT2D eigenvalue weighted by atomic mass is 35.5. The molecule has 1 unspecified atom stereocenters. The zero-order chi connectivity index (χ0) is 15.6. The van der Waals surface area contributed by atoms with Crippen LogP contribution in [0.1, 0.15) is 35.5 Å². The van der Waals surface area contributed by atoms with Crippen LogP contribution in [0.25, 0.3) is 0 Å². The number of hydrogen-bond donors (Lipinski definition) is 2. The summed E-state index contributed by atoms with van der Waals surface area (Å²) in [4.78, 5) is 16.8. The van der Waals surface area contributed by atoms with Gasteiger partial charge in [0, 0.05) is 17.5 Å². The molecule has 0 spiro atoms. The number of benzene rings is 1. The third kappa shape index (κ3) is 3.95. The number of amides is 1. The predicted molar refractivity (Wildman–Crippen MR) is 89.4 cm³/mol. The van der Waals surface area contributed by atoms with Crippen LogP contribution in [0.2, 0.25) is 5.02 Å². The monoisotopic (exact) mass is 323 g/mol. The molecule has 0 saturated heterocycles. The third-order valence-corrected chi connectivity index (χ3v) is 4.23. The molecule has 0 radical (unpaired) electrons. The van der Waals surface area contributed by atoms with E-state index < -0.39 is 0 Å². The van der Waals surface area contributed by atoms with Gasteiger partial charge >= 0.3 is 0 Å². The van der Waals surface area contributed by atoms with Crippen LogP contribution in [-0.4, -0.2) is 10.9 Å². The maximum Gasteiger partial charge on any atom is 0.221 e. The lowest BCUT2D eigenvalue weighted by Crippen LogP contribution is -2.09. The van der Waals surface area contributed by atoms with Gasteiger partial charge in [-0.25, -0.2) is 4.98 Å². The summed E-state index contributed by atoms with van der Waals surface area (Å²) >= 11 is 7.87. The molecule has 1 atom stereocenters. The molecule has 1 heterocycles. The molecule has 0 aliphatic rings. The zero-order valence-electron chi connectivity index (χ0n) is 12.5. The summed E-state index contributed by atoms with van der Waals surface area (Å²) in [6.07, 6.45) is 0. The van der Waals surface area contributed by atoms with Crippen molar-refractivity contribution in [1.82, 2.24) is 4.98 Å². The van der Waals surface area contributed by atoms with Gasteiger partial charge in [0.25, 0.3) is 0 Å². The van der Waals surface area contributed by atoms with Gasteiger partial charge in [-0.1, -0.05) is 11.6 Å². The Labute approximate surface area is 133 Å². The largest absolute Gasteiger partial charge is 0.377 e. The number of anilines is 2. The molecule has 0 aliphatic heterocycles. The highest BCUT2D eigenvalue weighted by Crippen LogP contribution is 2.29. The Balaban J connectivity index is 2.14. The zero-order valence-corrected chi connectivity index (χ0v) is 14.0. The van der Waals surface area contributed by atoms with Crippen molar-refractivity contribution in [1.29, 1.82) is 0 Å². The Morgan fingerprint density at radius 1 is 1.38 bits per heavy atom. The van der Waals surface area contributed by atoms with E-state index in [1.807, 2.05) is 13.0 Å². The fourth-order valence-electron chi connectivity index (χ4n) is 2.16. The average Bonchev–Trinajstić information content (AvgIpc) is 2.71. The summed E-state index contributed by atoms with van der Waals surface area (Å²) in [5.74, 6) is -0.139. The van der Waals surface area contributed by atoms with Crippen LogP contribution < -0.4 is 10.6 Å². The molecular formula is C15H18ClN3OS. The van der Waals surface area contributed by atoms with Gasteiger partial charge in [-0.3, -0.25) is 4.79 Å². The van der Waals surface area contributed by atoms with Crippen molar-refractivity contribution >= 4 is 40.2 Å². The molecule has 0 bridgehead atoms. The Bertz CT molecular complexity index is 669. The minimum absolute atomic E-state index is 0.0950. The molecule has 6 heteroatoms. The molecule has 2 rings (SSSR count). The first-order valence-electron chi connectivity index (χ1n) is 6.64. The van der Waals surface area contributed by atoms with Gasteiger partial charge in [-0.05, 0) is 39.0 Å². The minimum Gasteiger partial charge on any atom is -0.377 e. The molecule has 0 fully saturated rings. The lowest BCUT2D eigenvalue weighted by Gasteiger charge is -2.15. The molecular weight excluding hydrogens is 306 g/mol. The predicted octanol–water partition coefficient (Wildman–Crippen LogP) is 4.54. The molecule has 1 aromatic carbocycles. The number of aryl methyl sites for hydroxylation is 2. The number of carbonyl (C=O) groups excluding carboxylic acids is 1. The fourth-order valence-corrected chi connectivity index (χ4v) is 3.30. The van der Waals surface area contributed by atoms with Gasteiger partial charge in [0.1, 0.15) is 0 Å². The number of thiazole rings is 1. The molecule has 0 aliphatic carbocycles. The lowest BCUT2D eigenvalue weighted by molar-refractivity contribution is -0.114. The third-order valence-electron chi connectivity index (χ3n) is 3.01. The second kappa shape index (κ2) is 6.45. The summed E-state index contributed by atoms with van der Waals surface area (Å²) in [5, 5.41) is 7.64. The summed E-state index contributed by atoms with van der Waals surface area (Å²) in [6.45, 7) is 7.60. The summed E-state index contributed by atoms with van der Waals surface area (Å²) in [7, 11) is 0. The Morgan fingerprint density at radius 3 is 2.62 bits per heavy atom. The van der Waals surface area contributed by atoms with Crippen LogP contribution in [0.15, 0.2) is 18.2 Å². The van der Waals surface area contributed by atoms with Crippen molar-refractivity contribution in [3.05, 3.63) is 38.8 Å². The fraction of sp³-hybridized carbons (Fsp3) is 0.333. The Hall–Kier alpha value is -1.59. The maximum absolute atomic E-state index is 11.1. The number of carbonyl (C=O) groups is 1. The minimum atomic E-state index is -0.139. The highest BCUT2D eigenvalue weighted by molar-refractivity contribution is 7.11. The van der Waals surface area contributed by atoms with E-state index in [2.05, 4.69) is 29.5 Å². The van der Waals surface area contributed by atoms with E-state index in [1.165, 1.54) is 11.8 Å². The SMILES string of the molecule is CC(=O)Nc1ccc(NC(C)c2nc(C)sc2C)cc1Cl. The van der Waals surface area contributed by atoms with E-state index in [1.54, 1.807) is 23.5 Å². The quantitative estimate of drug-likeness (QED) is 0.868. The molecule has 4 nitrogen and oxygen atoms in total. The van der Waals surface area contributed by atoms with Crippen molar-refractivity contribution in [3.63, 3.8) is 0 Å². The van der Waals surface area contributed by atoms with Crippen molar-refractivity contribution in [2.75, 3.05) is 10.6 Å². The summed E-state index contributed by atoms with van der Waals surface area (Å²) in [6, 6.07) is 5.58. The van der Waals surface area contributed by atoms with Gasteiger partial charge in [-0.15, -0.1) is 11.3 Å². The van der Waals surface area contributed by atoms with E-state index >= 15 is 0 Å². The van der Waals surface area contributed by atoms with Crippen molar-refractivity contribution < 1.29 is 4.79 Å². The number of aromatic nitrogens is 1. The van der Waals surface area contributed by atoms with Crippen LogP contribution in [0.5, 0.6) is 0 Å². The standard InChI is InChI=1S/C15H18ClN3OS/c1-8(15-9(2)21-11(4)19-15)17-12-5-6-14(13(16)7-12)18-10(3)20/h5-8,17H,1-4H3,(H,18,20). The van der Waals surface area contributed by atoms with Crippen molar-refractivity contribution in [3.8, 4) is 0 Å². The van der Waals surface area contributed by atoms with E-state index in [9.17, 15) is 4.79 Å². The van der Waals surface area contributed by atoms with Gasteiger partial charge in [-0.2, -0.15) is 0 Å². The molecule has 2 aromatic rings. The van der Waals surface area contributed by atoms with Gasteiger partial charge in [0.2, 0.25) is 5.91 Å². The molecule has 1 aromatic heterocycles. The van der Waals surface area contributed by atoms with Gasteiger partial charge in [0.15, 0.2) is 0 Å². The van der Waals surface area contributed by atoms with Gasteiger partial charge < -0.3 is 10.6 Å². The Morgan fingerprint density at radius 2 is 2.10 bits per heavy atom. The van der Waals surface area contributed by atoms with Crippen LogP contribution in [-0.2, 0) is 4.79 Å². The highest BCUT2D eigenvalue weighted by Gasteiger charge is 2.13. The topological polar surface area (TPSA) is 54.0 Å². The first-order chi connectivity index (χ1) is 9.86. The smallest absolute Gasteiger partial charge is 0.221 e. The second-order valence-corrected chi connectivity index (χ2v) is 6.73. The van der Waals surface area contributed by atoms with Crippen LogP contribution in [0.4, 0.5) is 11.4 Å². The molecule has 2 N–H and O–H groups in total. The maximum atomic E-state index is 11.1. The van der Waals surface area contributed by atoms with Crippen LogP contribution in [0, 0.1) is 13.8 Å². The first-order valence-corrected chi connectivity index (χ1v) is 7.84. The number of nitrogens with zero attached hydrogens (tertiary/aromatic N) is 1. The lowest BCUT2D eigenvalue weighted by atomic mass is 10.2. The molecule has 1 amide bonds. The van der Waals surface area contributed by atoms with Gasteiger partial charge in [0.05, 0.1) is 27.5 Å². The van der Waals surface area contributed by atoms with Crippen molar-refractivity contribution in [2.24, 2.45) is 0 Å². The van der Waals surface area contributed by atoms with E-state index in [4.69, 9.17) is 11.6 Å². The van der Waals surface area contributed by atoms with Crippen LogP contribution >= 0.6 is 22.9 Å². The number of hydrogen-bond acceptors (Lipinski definition) is 4. The van der Waals surface area contributed by atoms with Crippen LogP contribution in [0.3, 0.4) is 0 Å². The summed E-state index contributed by atoms with van der Waals surface area (Å²) in [5.41, 5.74) is 2.56. The number of rotatable bonds is 4. The van der Waals surface area contributed by atoms with E-state index in [0.29, 0.717) is 10.7 Å². The second-order valence-electron chi connectivity index (χ2n) is 4.92. The van der Waals surface area contributed by atoms with E-state index in [0.717, 1.165) is 16.4 Å². The van der Waals surface area contributed by atoms with Crippen molar-refractivity contribution in [2.45, 2.75) is 33.7 Å². The molecule has 112 valence electrons. The summed E-state index contributed by atoms with van der Waals surface area (Å²) < 4.78 is 0. The number of halogens is 1. The normalized spacial score (nSPS) is 12.0. The first kappa shape index (κ1) is 15.8.